The Kier molecular flexibility index (Phi) is 4.45. The second-order valence-electron chi connectivity index (χ2n) is 4.94. The van der Waals surface area contributed by atoms with Crippen LogP contribution in [0.5, 0.6) is 0 Å². The van der Waals surface area contributed by atoms with Gasteiger partial charge in [0.1, 0.15) is 5.82 Å². The Morgan fingerprint density at radius 1 is 1.29 bits per heavy atom. The molecule has 1 aromatic heterocycles. The molecule has 1 saturated carbocycles. The fourth-order valence-corrected chi connectivity index (χ4v) is 3.76. The number of hydrogen-bond acceptors (Lipinski definition) is 4. The molecule has 0 saturated heterocycles. The molecular formula is C12H22N4S. The summed E-state index contributed by atoms with van der Waals surface area (Å²) >= 11 is 1.89. The largest absolute Gasteiger partial charge is 0.324 e. The van der Waals surface area contributed by atoms with Crippen LogP contribution in [0, 0.1) is 0 Å². The Bertz CT molecular complexity index is 355. The van der Waals surface area contributed by atoms with Gasteiger partial charge in [0, 0.05) is 11.3 Å². The number of aromatic nitrogens is 3. The second-order valence-corrected chi connectivity index (χ2v) is 6.21. The SMILES string of the molecule is CC(C)n1c(CN)nnc1SC1CCCCC1. The third-order valence-corrected chi connectivity index (χ3v) is 4.55. The molecule has 0 aliphatic heterocycles. The molecule has 0 atom stereocenters. The molecule has 1 aliphatic rings. The Morgan fingerprint density at radius 3 is 2.59 bits per heavy atom. The molecule has 0 spiro atoms. The second kappa shape index (κ2) is 5.87. The van der Waals surface area contributed by atoms with Gasteiger partial charge in [-0.15, -0.1) is 10.2 Å². The molecule has 1 fully saturated rings. The summed E-state index contributed by atoms with van der Waals surface area (Å²) in [6.07, 6.45) is 6.73. The van der Waals surface area contributed by atoms with E-state index in [2.05, 4.69) is 28.6 Å². The molecular weight excluding hydrogens is 232 g/mol. The first-order valence-corrected chi connectivity index (χ1v) is 7.41. The fourth-order valence-electron chi connectivity index (χ4n) is 2.38. The maximum atomic E-state index is 5.70. The van der Waals surface area contributed by atoms with Crippen molar-refractivity contribution < 1.29 is 0 Å². The molecule has 1 aromatic rings. The van der Waals surface area contributed by atoms with Crippen LogP contribution >= 0.6 is 11.8 Å². The lowest BCUT2D eigenvalue weighted by Crippen LogP contribution is -2.14. The lowest BCUT2D eigenvalue weighted by atomic mass is 10.0. The van der Waals surface area contributed by atoms with E-state index in [0.29, 0.717) is 12.6 Å². The molecule has 2 rings (SSSR count). The Morgan fingerprint density at radius 2 is 2.00 bits per heavy atom. The molecule has 96 valence electrons. The van der Waals surface area contributed by atoms with Gasteiger partial charge >= 0.3 is 0 Å². The first kappa shape index (κ1) is 12.9. The van der Waals surface area contributed by atoms with Gasteiger partial charge in [-0.3, -0.25) is 0 Å². The lowest BCUT2D eigenvalue weighted by molar-refractivity contribution is 0.505. The van der Waals surface area contributed by atoms with Gasteiger partial charge in [0.05, 0.1) is 6.54 Å². The van der Waals surface area contributed by atoms with E-state index in [0.717, 1.165) is 16.2 Å². The normalized spacial score (nSPS) is 17.9. The van der Waals surface area contributed by atoms with Crippen LogP contribution in [0.4, 0.5) is 0 Å². The van der Waals surface area contributed by atoms with Gasteiger partial charge < -0.3 is 10.3 Å². The average molecular weight is 254 g/mol. The van der Waals surface area contributed by atoms with Gasteiger partial charge in [-0.25, -0.2) is 0 Å². The number of nitrogens with zero attached hydrogens (tertiary/aromatic N) is 3. The van der Waals surface area contributed by atoms with Gasteiger partial charge in [0.2, 0.25) is 0 Å². The zero-order chi connectivity index (χ0) is 12.3. The molecule has 17 heavy (non-hydrogen) atoms. The number of hydrogen-bond donors (Lipinski definition) is 1. The minimum atomic E-state index is 0.384. The third kappa shape index (κ3) is 3.01. The first-order valence-electron chi connectivity index (χ1n) is 6.53. The van der Waals surface area contributed by atoms with Crippen LogP contribution in [0.2, 0.25) is 0 Å². The molecule has 0 radical (unpaired) electrons. The molecule has 5 heteroatoms. The zero-order valence-electron chi connectivity index (χ0n) is 10.7. The highest BCUT2D eigenvalue weighted by Gasteiger charge is 2.20. The van der Waals surface area contributed by atoms with Crippen molar-refractivity contribution in [3.8, 4) is 0 Å². The van der Waals surface area contributed by atoms with Gasteiger partial charge in [0.25, 0.3) is 0 Å². The van der Waals surface area contributed by atoms with Gasteiger partial charge in [-0.05, 0) is 26.7 Å². The van der Waals surface area contributed by atoms with Crippen LogP contribution in [0.1, 0.15) is 57.8 Å². The molecule has 1 heterocycles. The maximum absolute atomic E-state index is 5.70. The summed E-state index contributed by atoms with van der Waals surface area (Å²) in [7, 11) is 0. The maximum Gasteiger partial charge on any atom is 0.191 e. The fraction of sp³-hybridized carbons (Fsp3) is 0.833. The van der Waals surface area contributed by atoms with E-state index in [1.165, 1.54) is 32.1 Å². The summed E-state index contributed by atoms with van der Waals surface area (Å²) in [5, 5.41) is 10.3. The van der Waals surface area contributed by atoms with E-state index in [1.54, 1.807) is 0 Å². The van der Waals surface area contributed by atoms with Gasteiger partial charge in [0.15, 0.2) is 5.16 Å². The number of thioether (sulfide) groups is 1. The van der Waals surface area contributed by atoms with Gasteiger partial charge in [-0.2, -0.15) is 0 Å². The topological polar surface area (TPSA) is 56.7 Å². The smallest absolute Gasteiger partial charge is 0.191 e. The summed E-state index contributed by atoms with van der Waals surface area (Å²) in [5.41, 5.74) is 5.70. The summed E-state index contributed by atoms with van der Waals surface area (Å²) in [6.45, 7) is 4.79. The van der Waals surface area contributed by atoms with Crippen LogP contribution in [0.3, 0.4) is 0 Å². The highest BCUT2D eigenvalue weighted by Crippen LogP contribution is 2.33. The number of rotatable bonds is 4. The highest BCUT2D eigenvalue weighted by molar-refractivity contribution is 7.99. The predicted molar refractivity (Wildman–Crippen MR) is 71.0 cm³/mol. The third-order valence-electron chi connectivity index (χ3n) is 3.26. The quantitative estimate of drug-likeness (QED) is 0.897. The van der Waals surface area contributed by atoms with E-state index >= 15 is 0 Å². The van der Waals surface area contributed by atoms with E-state index in [-0.39, 0.29) is 0 Å². The molecule has 0 amide bonds. The molecule has 0 aromatic carbocycles. The Hall–Kier alpha value is -0.550. The van der Waals surface area contributed by atoms with Gasteiger partial charge in [-0.1, -0.05) is 31.0 Å². The molecule has 1 aliphatic carbocycles. The lowest BCUT2D eigenvalue weighted by Gasteiger charge is -2.21. The van der Waals surface area contributed by atoms with E-state index in [1.807, 2.05) is 11.8 Å². The zero-order valence-corrected chi connectivity index (χ0v) is 11.5. The number of nitrogens with two attached hydrogens (primary N) is 1. The van der Waals surface area contributed by atoms with Crippen LogP contribution in [0.25, 0.3) is 0 Å². The first-order chi connectivity index (χ1) is 8.22. The molecule has 0 bridgehead atoms. The van der Waals surface area contributed by atoms with Crippen LogP contribution < -0.4 is 5.73 Å². The van der Waals surface area contributed by atoms with Crippen molar-refractivity contribution in [3.63, 3.8) is 0 Å². The van der Waals surface area contributed by atoms with Crippen molar-refractivity contribution in [2.75, 3.05) is 0 Å². The van der Waals surface area contributed by atoms with Crippen LogP contribution in [0.15, 0.2) is 5.16 Å². The molecule has 0 unspecified atom stereocenters. The van der Waals surface area contributed by atoms with Crippen molar-refractivity contribution in [1.29, 1.82) is 0 Å². The standard InChI is InChI=1S/C12H22N4S/c1-9(2)16-11(8-13)14-15-12(16)17-10-6-4-3-5-7-10/h9-10H,3-8,13H2,1-2H3. The van der Waals surface area contributed by atoms with Crippen molar-refractivity contribution in [1.82, 2.24) is 14.8 Å². The minimum absolute atomic E-state index is 0.384. The van der Waals surface area contributed by atoms with E-state index < -0.39 is 0 Å². The van der Waals surface area contributed by atoms with Crippen LogP contribution in [-0.4, -0.2) is 20.0 Å². The summed E-state index contributed by atoms with van der Waals surface area (Å²) < 4.78 is 2.18. The predicted octanol–water partition coefficient (Wildman–Crippen LogP) is 2.74. The minimum Gasteiger partial charge on any atom is -0.324 e. The average Bonchev–Trinajstić information content (AvgIpc) is 2.73. The molecule has 4 nitrogen and oxygen atoms in total. The molecule has 2 N–H and O–H groups in total. The van der Waals surface area contributed by atoms with E-state index in [4.69, 9.17) is 5.73 Å². The summed E-state index contributed by atoms with van der Waals surface area (Å²) in [4.78, 5) is 0. The van der Waals surface area contributed by atoms with Crippen molar-refractivity contribution in [2.45, 2.75) is 68.9 Å². The van der Waals surface area contributed by atoms with Crippen molar-refractivity contribution in [3.05, 3.63) is 5.82 Å². The Labute approximate surface area is 107 Å². The van der Waals surface area contributed by atoms with E-state index in [9.17, 15) is 0 Å². The summed E-state index contributed by atoms with van der Waals surface area (Å²) in [6, 6.07) is 0.384. The Balaban J connectivity index is 2.11. The van der Waals surface area contributed by atoms with Crippen LogP contribution in [-0.2, 0) is 6.54 Å². The highest BCUT2D eigenvalue weighted by atomic mass is 32.2. The monoisotopic (exact) mass is 254 g/mol. The summed E-state index contributed by atoms with van der Waals surface area (Å²) in [5.74, 6) is 0.901. The van der Waals surface area contributed by atoms with Crippen molar-refractivity contribution >= 4 is 11.8 Å². The van der Waals surface area contributed by atoms with Crippen molar-refractivity contribution in [2.24, 2.45) is 5.73 Å².